The van der Waals surface area contributed by atoms with Gasteiger partial charge in [-0.2, -0.15) is 0 Å². The summed E-state index contributed by atoms with van der Waals surface area (Å²) in [6, 6.07) is 24.0. The summed E-state index contributed by atoms with van der Waals surface area (Å²) in [5.41, 5.74) is 3.19. The van der Waals surface area contributed by atoms with E-state index in [2.05, 4.69) is 0 Å². The summed E-state index contributed by atoms with van der Waals surface area (Å²) in [7, 11) is 1.60. The smallest absolute Gasteiger partial charge is 0.266 e. The van der Waals surface area contributed by atoms with Crippen LogP contribution in [0.1, 0.15) is 17.2 Å². The number of imide groups is 1. The molecule has 2 saturated heterocycles. The number of amides is 2. The van der Waals surface area contributed by atoms with Crippen molar-refractivity contribution < 1.29 is 19.2 Å². The highest BCUT2D eigenvalue weighted by Gasteiger charge is 2.60. The number of carbonyl (C=O) groups is 2. The number of anilines is 2. The second-order valence-electron chi connectivity index (χ2n) is 7.79. The SMILES string of the molecule is COc1cccc([C@@H]2[C@@H]3C(=O)N(c4cccc(C)c4)C(=O)[C@@H]3ON2c2ccccc2)c1. The molecule has 5 rings (SSSR count). The van der Waals surface area contributed by atoms with Crippen LogP contribution in [0.5, 0.6) is 5.75 Å². The van der Waals surface area contributed by atoms with Crippen molar-refractivity contribution >= 4 is 23.2 Å². The first-order valence-electron chi connectivity index (χ1n) is 10.2. The van der Waals surface area contributed by atoms with E-state index in [0.29, 0.717) is 11.4 Å². The van der Waals surface area contributed by atoms with Crippen molar-refractivity contribution in [1.82, 2.24) is 0 Å². The number of hydroxylamine groups is 1. The quantitative estimate of drug-likeness (QED) is 0.603. The van der Waals surface area contributed by atoms with Crippen molar-refractivity contribution in [3.8, 4) is 5.75 Å². The van der Waals surface area contributed by atoms with Gasteiger partial charge >= 0.3 is 0 Å². The largest absolute Gasteiger partial charge is 0.497 e. The fourth-order valence-corrected chi connectivity index (χ4v) is 4.40. The molecule has 0 aromatic heterocycles. The molecule has 2 amide bonds. The maximum absolute atomic E-state index is 13.6. The molecule has 3 atom stereocenters. The lowest BCUT2D eigenvalue weighted by molar-refractivity contribution is -0.126. The standard InChI is InChI=1S/C25H22N2O4/c1-16-8-6-12-19(14-16)26-24(28)21-22(17-9-7-13-20(15-17)30-2)27(31-23(21)25(26)29)18-10-4-3-5-11-18/h3-15,21-23H,1-2H3/t21-,22+,23+/m0/s1. The highest BCUT2D eigenvalue weighted by atomic mass is 16.7. The summed E-state index contributed by atoms with van der Waals surface area (Å²) in [4.78, 5) is 34.3. The summed E-state index contributed by atoms with van der Waals surface area (Å²) in [6.45, 7) is 1.93. The van der Waals surface area contributed by atoms with Crippen molar-refractivity contribution in [1.29, 1.82) is 0 Å². The van der Waals surface area contributed by atoms with Crippen molar-refractivity contribution in [3.05, 3.63) is 90.0 Å². The molecule has 0 unspecified atom stereocenters. The van der Waals surface area contributed by atoms with Crippen LogP contribution < -0.4 is 14.7 Å². The zero-order valence-corrected chi connectivity index (χ0v) is 17.3. The lowest BCUT2D eigenvalue weighted by atomic mass is 9.90. The minimum absolute atomic E-state index is 0.258. The molecule has 6 heteroatoms. The van der Waals surface area contributed by atoms with Crippen LogP contribution in [0.3, 0.4) is 0 Å². The van der Waals surface area contributed by atoms with Gasteiger partial charge in [-0.05, 0) is 54.4 Å². The highest BCUT2D eigenvalue weighted by Crippen LogP contribution is 2.47. The normalized spacial score (nSPS) is 22.7. The Morgan fingerprint density at radius 2 is 1.58 bits per heavy atom. The molecular weight excluding hydrogens is 392 g/mol. The van der Waals surface area contributed by atoms with Gasteiger partial charge < -0.3 is 4.74 Å². The van der Waals surface area contributed by atoms with E-state index >= 15 is 0 Å². The molecule has 2 aliphatic heterocycles. The van der Waals surface area contributed by atoms with E-state index in [1.807, 2.05) is 79.7 Å². The van der Waals surface area contributed by atoms with Crippen molar-refractivity contribution in [2.75, 3.05) is 17.1 Å². The van der Waals surface area contributed by atoms with Crippen LogP contribution in [-0.2, 0) is 14.4 Å². The summed E-state index contributed by atoms with van der Waals surface area (Å²) < 4.78 is 5.40. The molecule has 3 aromatic carbocycles. The van der Waals surface area contributed by atoms with Gasteiger partial charge in [0, 0.05) is 0 Å². The molecule has 156 valence electrons. The van der Waals surface area contributed by atoms with Crippen molar-refractivity contribution in [2.45, 2.75) is 19.1 Å². The van der Waals surface area contributed by atoms with Gasteiger partial charge in [-0.3, -0.25) is 14.4 Å². The summed E-state index contributed by atoms with van der Waals surface area (Å²) in [5, 5.41) is 1.69. The number of ether oxygens (including phenoxy) is 1. The van der Waals surface area contributed by atoms with Crippen LogP contribution in [0.15, 0.2) is 78.9 Å². The third-order valence-electron chi connectivity index (χ3n) is 5.82. The zero-order valence-electron chi connectivity index (χ0n) is 17.3. The minimum atomic E-state index is -0.885. The fraction of sp³-hybridized carbons (Fsp3) is 0.200. The van der Waals surface area contributed by atoms with E-state index < -0.39 is 18.1 Å². The average Bonchev–Trinajstić information content (AvgIpc) is 3.30. The van der Waals surface area contributed by atoms with Gasteiger partial charge in [0.25, 0.3) is 5.91 Å². The lowest BCUT2D eigenvalue weighted by Gasteiger charge is -2.29. The third-order valence-corrected chi connectivity index (χ3v) is 5.82. The maximum Gasteiger partial charge on any atom is 0.266 e. The van der Waals surface area contributed by atoms with E-state index in [-0.39, 0.29) is 11.8 Å². The maximum atomic E-state index is 13.6. The van der Waals surface area contributed by atoms with Gasteiger partial charge in [0.05, 0.1) is 24.5 Å². The van der Waals surface area contributed by atoms with Gasteiger partial charge in [0.15, 0.2) is 6.10 Å². The zero-order chi connectivity index (χ0) is 21.5. The molecule has 0 N–H and O–H groups in total. The molecule has 31 heavy (non-hydrogen) atoms. The van der Waals surface area contributed by atoms with Crippen LogP contribution in [0.2, 0.25) is 0 Å². The molecule has 0 radical (unpaired) electrons. The molecular formula is C25H22N2O4. The number of nitrogens with zero attached hydrogens (tertiary/aromatic N) is 2. The molecule has 2 heterocycles. The Hall–Kier alpha value is -3.64. The van der Waals surface area contributed by atoms with E-state index in [1.165, 1.54) is 4.90 Å². The van der Waals surface area contributed by atoms with Crippen LogP contribution in [0.25, 0.3) is 0 Å². The first kappa shape index (κ1) is 19.3. The molecule has 6 nitrogen and oxygen atoms in total. The Morgan fingerprint density at radius 1 is 0.839 bits per heavy atom. The molecule has 0 aliphatic carbocycles. The number of rotatable bonds is 4. The highest BCUT2D eigenvalue weighted by molar-refractivity contribution is 6.23. The van der Waals surface area contributed by atoms with Crippen molar-refractivity contribution in [2.24, 2.45) is 5.92 Å². The number of benzene rings is 3. The molecule has 0 bridgehead atoms. The fourth-order valence-electron chi connectivity index (χ4n) is 4.40. The molecule has 0 saturated carbocycles. The summed E-state index contributed by atoms with van der Waals surface area (Å²) in [5.74, 6) is -0.583. The van der Waals surface area contributed by atoms with Gasteiger partial charge in [-0.1, -0.05) is 42.5 Å². The van der Waals surface area contributed by atoms with Crippen LogP contribution in [0.4, 0.5) is 11.4 Å². The number of aryl methyl sites for hydroxylation is 1. The summed E-state index contributed by atoms with van der Waals surface area (Å²) in [6.07, 6.45) is -0.885. The Morgan fingerprint density at radius 3 is 2.32 bits per heavy atom. The Balaban J connectivity index is 1.60. The Labute approximate surface area is 180 Å². The van der Waals surface area contributed by atoms with Crippen LogP contribution in [0, 0.1) is 12.8 Å². The number of para-hydroxylation sites is 1. The second-order valence-corrected chi connectivity index (χ2v) is 7.79. The topological polar surface area (TPSA) is 59.1 Å². The number of fused-ring (bicyclic) bond motifs is 1. The number of carbonyl (C=O) groups excluding carboxylic acids is 2. The second kappa shape index (κ2) is 7.56. The Bertz CT molecular complexity index is 1150. The monoisotopic (exact) mass is 414 g/mol. The average molecular weight is 414 g/mol. The molecule has 2 fully saturated rings. The van der Waals surface area contributed by atoms with Gasteiger partial charge in [-0.15, -0.1) is 0 Å². The van der Waals surface area contributed by atoms with Gasteiger partial charge in [-0.25, -0.2) is 9.96 Å². The van der Waals surface area contributed by atoms with Crippen LogP contribution >= 0.6 is 0 Å². The summed E-state index contributed by atoms with van der Waals surface area (Å²) >= 11 is 0. The number of methoxy groups -OCH3 is 1. The first-order chi connectivity index (χ1) is 15.1. The predicted molar refractivity (Wildman–Crippen MR) is 117 cm³/mol. The molecule has 3 aromatic rings. The van der Waals surface area contributed by atoms with E-state index in [0.717, 1.165) is 16.8 Å². The number of hydrogen-bond donors (Lipinski definition) is 0. The van der Waals surface area contributed by atoms with E-state index in [9.17, 15) is 9.59 Å². The van der Waals surface area contributed by atoms with Gasteiger partial charge in [0.1, 0.15) is 11.7 Å². The number of hydrogen-bond acceptors (Lipinski definition) is 5. The molecule has 0 spiro atoms. The van der Waals surface area contributed by atoms with E-state index in [1.54, 1.807) is 18.2 Å². The predicted octanol–water partition coefficient (Wildman–Crippen LogP) is 4.05. The van der Waals surface area contributed by atoms with Crippen molar-refractivity contribution in [3.63, 3.8) is 0 Å². The lowest BCUT2D eigenvalue weighted by Crippen LogP contribution is -2.37. The molecule has 2 aliphatic rings. The van der Waals surface area contributed by atoms with Crippen LogP contribution in [-0.4, -0.2) is 25.0 Å². The van der Waals surface area contributed by atoms with E-state index in [4.69, 9.17) is 9.57 Å². The Kier molecular flexibility index (Phi) is 4.71. The third kappa shape index (κ3) is 3.16. The first-order valence-corrected chi connectivity index (χ1v) is 10.2. The van der Waals surface area contributed by atoms with Gasteiger partial charge in [0.2, 0.25) is 5.91 Å². The minimum Gasteiger partial charge on any atom is -0.497 e.